The molecule has 0 aliphatic rings. The van der Waals surface area contributed by atoms with Gasteiger partial charge in [0.1, 0.15) is 11.6 Å². The van der Waals surface area contributed by atoms with Crippen LogP contribution in [0, 0.1) is 11.6 Å². The maximum atomic E-state index is 13.0. The van der Waals surface area contributed by atoms with Crippen molar-refractivity contribution >= 4 is 29.2 Å². The Morgan fingerprint density at radius 3 is 2.50 bits per heavy atom. The van der Waals surface area contributed by atoms with Gasteiger partial charge in [-0.3, -0.25) is 4.79 Å². The van der Waals surface area contributed by atoms with E-state index in [-0.39, 0.29) is 16.3 Å². The molecule has 2 aromatic rings. The number of halogens is 3. The van der Waals surface area contributed by atoms with Crippen LogP contribution in [-0.4, -0.2) is 18.5 Å². The fourth-order valence-electron chi connectivity index (χ4n) is 1.61. The van der Waals surface area contributed by atoms with E-state index in [1.807, 2.05) is 0 Å². The predicted octanol–water partition coefficient (Wildman–Crippen LogP) is 3.41. The van der Waals surface area contributed by atoms with E-state index in [4.69, 9.17) is 16.3 Å². The summed E-state index contributed by atoms with van der Waals surface area (Å²) in [6.07, 6.45) is 0. The van der Waals surface area contributed by atoms with Crippen LogP contribution in [0.5, 0.6) is 0 Å². The standard InChI is InChI=1S/C15H10ClF2NO3/c16-12-7-11(18)4-5-13(12)19-14(20)8-22-15(21)9-2-1-3-10(17)6-9/h1-7H,8H2,(H,19,20). The molecule has 7 heteroatoms. The summed E-state index contributed by atoms with van der Waals surface area (Å²) >= 11 is 5.75. The number of amides is 1. The van der Waals surface area contributed by atoms with Crippen molar-refractivity contribution in [2.45, 2.75) is 0 Å². The molecular weight excluding hydrogens is 316 g/mol. The maximum absolute atomic E-state index is 13.0. The molecule has 0 saturated carbocycles. The molecule has 2 aromatic carbocycles. The highest BCUT2D eigenvalue weighted by Crippen LogP contribution is 2.22. The number of nitrogens with one attached hydrogen (secondary N) is 1. The number of esters is 1. The van der Waals surface area contributed by atoms with Crippen molar-refractivity contribution in [2.24, 2.45) is 0 Å². The molecule has 1 amide bonds. The zero-order chi connectivity index (χ0) is 16.1. The second-order valence-corrected chi connectivity index (χ2v) is 4.67. The molecule has 0 unspecified atom stereocenters. The van der Waals surface area contributed by atoms with Gasteiger partial charge in [-0.25, -0.2) is 13.6 Å². The third-order valence-corrected chi connectivity index (χ3v) is 2.91. The summed E-state index contributed by atoms with van der Waals surface area (Å²) in [6, 6.07) is 8.33. The van der Waals surface area contributed by atoms with Gasteiger partial charge in [-0.15, -0.1) is 0 Å². The lowest BCUT2D eigenvalue weighted by Crippen LogP contribution is -2.21. The van der Waals surface area contributed by atoms with Crippen LogP contribution in [0.3, 0.4) is 0 Å². The van der Waals surface area contributed by atoms with Gasteiger partial charge in [0, 0.05) is 0 Å². The van der Waals surface area contributed by atoms with Gasteiger partial charge < -0.3 is 10.1 Å². The number of ether oxygens (including phenoxy) is 1. The van der Waals surface area contributed by atoms with Crippen LogP contribution in [0.15, 0.2) is 42.5 Å². The van der Waals surface area contributed by atoms with Crippen molar-refractivity contribution in [3.8, 4) is 0 Å². The van der Waals surface area contributed by atoms with E-state index in [9.17, 15) is 18.4 Å². The van der Waals surface area contributed by atoms with E-state index in [0.717, 1.165) is 18.2 Å². The molecule has 0 saturated heterocycles. The summed E-state index contributed by atoms with van der Waals surface area (Å²) in [5.41, 5.74) is 0.183. The number of carbonyl (C=O) groups is 2. The predicted molar refractivity (Wildman–Crippen MR) is 76.7 cm³/mol. The van der Waals surface area contributed by atoms with Gasteiger partial charge in [0.25, 0.3) is 5.91 Å². The largest absolute Gasteiger partial charge is 0.452 e. The van der Waals surface area contributed by atoms with Gasteiger partial charge in [-0.2, -0.15) is 0 Å². The second kappa shape index (κ2) is 7.00. The van der Waals surface area contributed by atoms with Crippen molar-refractivity contribution in [2.75, 3.05) is 11.9 Å². The third kappa shape index (κ3) is 4.26. The van der Waals surface area contributed by atoms with E-state index >= 15 is 0 Å². The highest BCUT2D eigenvalue weighted by molar-refractivity contribution is 6.33. The molecule has 1 N–H and O–H groups in total. The minimum Gasteiger partial charge on any atom is -0.452 e. The van der Waals surface area contributed by atoms with Gasteiger partial charge in [0.05, 0.1) is 16.3 Å². The van der Waals surface area contributed by atoms with Gasteiger partial charge >= 0.3 is 5.97 Å². The van der Waals surface area contributed by atoms with Crippen LogP contribution in [0.2, 0.25) is 5.02 Å². The third-order valence-electron chi connectivity index (χ3n) is 2.60. The number of hydrogen-bond donors (Lipinski definition) is 1. The molecule has 114 valence electrons. The van der Waals surface area contributed by atoms with E-state index in [1.54, 1.807) is 0 Å². The highest BCUT2D eigenvalue weighted by atomic mass is 35.5. The second-order valence-electron chi connectivity index (χ2n) is 4.26. The molecule has 0 bridgehead atoms. The zero-order valence-corrected chi connectivity index (χ0v) is 11.9. The van der Waals surface area contributed by atoms with Crippen molar-refractivity contribution in [3.05, 3.63) is 64.7 Å². The Morgan fingerprint density at radius 2 is 1.82 bits per heavy atom. The monoisotopic (exact) mass is 325 g/mol. The Hall–Kier alpha value is -2.47. The van der Waals surface area contributed by atoms with Crippen LogP contribution in [0.1, 0.15) is 10.4 Å². The zero-order valence-electron chi connectivity index (χ0n) is 11.1. The Bertz CT molecular complexity index is 722. The smallest absolute Gasteiger partial charge is 0.338 e. The number of anilines is 1. The molecule has 0 fully saturated rings. The Morgan fingerprint density at radius 1 is 1.09 bits per heavy atom. The van der Waals surface area contributed by atoms with Crippen LogP contribution in [0.25, 0.3) is 0 Å². The van der Waals surface area contributed by atoms with Crippen LogP contribution in [-0.2, 0) is 9.53 Å². The molecule has 4 nitrogen and oxygen atoms in total. The summed E-state index contributed by atoms with van der Waals surface area (Å²) in [7, 11) is 0. The first kappa shape index (κ1) is 15.9. The van der Waals surface area contributed by atoms with Crippen LogP contribution in [0.4, 0.5) is 14.5 Å². The van der Waals surface area contributed by atoms with Crippen molar-refractivity contribution in [1.29, 1.82) is 0 Å². The Kier molecular flexibility index (Phi) is 5.06. The first-order chi connectivity index (χ1) is 10.5. The molecule has 0 aliphatic heterocycles. The number of benzene rings is 2. The summed E-state index contributed by atoms with van der Waals surface area (Å²) in [6.45, 7) is -0.580. The SMILES string of the molecule is O=C(COC(=O)c1cccc(F)c1)Nc1ccc(F)cc1Cl. The summed E-state index contributed by atoms with van der Waals surface area (Å²) in [5.74, 6) is -2.62. The van der Waals surface area contributed by atoms with E-state index in [1.165, 1.54) is 24.3 Å². The fraction of sp³-hybridized carbons (Fsp3) is 0.0667. The lowest BCUT2D eigenvalue weighted by Gasteiger charge is -2.08. The van der Waals surface area contributed by atoms with Crippen molar-refractivity contribution in [3.63, 3.8) is 0 Å². The molecule has 0 aromatic heterocycles. The lowest BCUT2D eigenvalue weighted by molar-refractivity contribution is -0.119. The van der Waals surface area contributed by atoms with E-state index in [0.29, 0.717) is 0 Å². The van der Waals surface area contributed by atoms with Crippen molar-refractivity contribution in [1.82, 2.24) is 0 Å². The molecule has 0 spiro atoms. The summed E-state index contributed by atoms with van der Waals surface area (Å²) in [4.78, 5) is 23.3. The molecule has 0 radical (unpaired) electrons. The summed E-state index contributed by atoms with van der Waals surface area (Å²) < 4.78 is 30.6. The lowest BCUT2D eigenvalue weighted by atomic mass is 10.2. The van der Waals surface area contributed by atoms with E-state index in [2.05, 4.69) is 5.32 Å². The average molecular weight is 326 g/mol. The first-order valence-electron chi connectivity index (χ1n) is 6.13. The molecule has 0 atom stereocenters. The quantitative estimate of drug-likeness (QED) is 0.876. The highest BCUT2D eigenvalue weighted by Gasteiger charge is 2.12. The minimum atomic E-state index is -0.833. The molecular formula is C15H10ClF2NO3. The van der Waals surface area contributed by atoms with Gasteiger partial charge in [-0.05, 0) is 36.4 Å². The number of carbonyl (C=O) groups excluding carboxylic acids is 2. The first-order valence-corrected chi connectivity index (χ1v) is 6.51. The number of hydrogen-bond acceptors (Lipinski definition) is 3. The molecule has 2 rings (SSSR count). The maximum Gasteiger partial charge on any atom is 0.338 e. The normalized spacial score (nSPS) is 10.1. The minimum absolute atomic E-state index is 0.00684. The van der Waals surface area contributed by atoms with Gasteiger partial charge in [-0.1, -0.05) is 17.7 Å². The molecule has 0 heterocycles. The fourth-order valence-corrected chi connectivity index (χ4v) is 1.82. The van der Waals surface area contributed by atoms with Gasteiger partial charge in [0.15, 0.2) is 6.61 Å². The Balaban J connectivity index is 1.91. The van der Waals surface area contributed by atoms with Crippen LogP contribution < -0.4 is 5.32 Å². The average Bonchev–Trinajstić information content (AvgIpc) is 2.47. The molecule has 22 heavy (non-hydrogen) atoms. The Labute approximate surface area is 129 Å². The summed E-state index contributed by atoms with van der Waals surface area (Å²) in [5, 5.41) is 2.39. The van der Waals surface area contributed by atoms with Crippen molar-refractivity contribution < 1.29 is 23.1 Å². The van der Waals surface area contributed by atoms with E-state index < -0.39 is 30.1 Å². The number of rotatable bonds is 4. The molecule has 0 aliphatic carbocycles. The van der Waals surface area contributed by atoms with Crippen LogP contribution >= 0.6 is 11.6 Å². The topological polar surface area (TPSA) is 55.4 Å². The van der Waals surface area contributed by atoms with Gasteiger partial charge in [0.2, 0.25) is 0 Å².